The van der Waals surface area contributed by atoms with E-state index in [4.69, 9.17) is 20.3 Å². The summed E-state index contributed by atoms with van der Waals surface area (Å²) < 4.78 is 16.4. The van der Waals surface area contributed by atoms with E-state index in [2.05, 4.69) is 10.9 Å². The molecule has 0 bridgehead atoms. The molecule has 0 fully saturated rings. The van der Waals surface area contributed by atoms with Crippen molar-refractivity contribution in [2.75, 3.05) is 13.7 Å². The van der Waals surface area contributed by atoms with Crippen LogP contribution in [0.3, 0.4) is 0 Å². The molecule has 4 nitrogen and oxygen atoms in total. The second kappa shape index (κ2) is 13.7. The highest BCUT2D eigenvalue weighted by Crippen LogP contribution is 2.28. The summed E-state index contributed by atoms with van der Waals surface area (Å²) in [4.78, 5) is 4.40. The first-order chi connectivity index (χ1) is 14.2. The number of methoxy groups -OCH3 is 1. The van der Waals surface area contributed by atoms with Gasteiger partial charge in [0, 0.05) is 6.08 Å². The van der Waals surface area contributed by atoms with Gasteiger partial charge in [-0.2, -0.15) is 0 Å². The van der Waals surface area contributed by atoms with Crippen LogP contribution in [-0.2, 0) is 0 Å². The summed E-state index contributed by atoms with van der Waals surface area (Å²) in [5.74, 6) is 4.22. The SMILES string of the molecule is C#CCOc1ccc(/C=C/c2nc3ccccc3o2)cc1OC.C/C=C\C.CC. The van der Waals surface area contributed by atoms with Crippen molar-refractivity contribution in [2.24, 2.45) is 0 Å². The van der Waals surface area contributed by atoms with Crippen molar-refractivity contribution in [3.05, 3.63) is 66.1 Å². The number of aromatic nitrogens is 1. The van der Waals surface area contributed by atoms with Crippen molar-refractivity contribution in [3.63, 3.8) is 0 Å². The van der Waals surface area contributed by atoms with Gasteiger partial charge in [-0.1, -0.05) is 50.1 Å². The largest absolute Gasteiger partial charge is 0.493 e. The molecule has 0 aliphatic heterocycles. The van der Waals surface area contributed by atoms with Crippen LogP contribution in [0.15, 0.2) is 59.0 Å². The number of benzene rings is 2. The average molecular weight is 392 g/mol. The van der Waals surface area contributed by atoms with Crippen molar-refractivity contribution in [2.45, 2.75) is 27.7 Å². The summed E-state index contributed by atoms with van der Waals surface area (Å²) in [5, 5.41) is 0. The van der Waals surface area contributed by atoms with E-state index in [9.17, 15) is 0 Å². The summed E-state index contributed by atoms with van der Waals surface area (Å²) in [5.41, 5.74) is 2.54. The fraction of sp³-hybridized carbons (Fsp3) is 0.240. The molecule has 3 aromatic rings. The molecule has 29 heavy (non-hydrogen) atoms. The minimum absolute atomic E-state index is 0.203. The lowest BCUT2D eigenvalue weighted by molar-refractivity contribution is 0.331. The molecule has 1 aromatic heterocycles. The second-order valence-corrected chi connectivity index (χ2v) is 5.42. The normalized spacial score (nSPS) is 10.1. The van der Waals surface area contributed by atoms with Gasteiger partial charge < -0.3 is 13.9 Å². The van der Waals surface area contributed by atoms with Crippen LogP contribution in [0.4, 0.5) is 0 Å². The average Bonchev–Trinajstić information content (AvgIpc) is 3.21. The number of hydrogen-bond donors (Lipinski definition) is 0. The molecule has 152 valence electrons. The Morgan fingerprint density at radius 1 is 1.03 bits per heavy atom. The Kier molecular flexibility index (Phi) is 11.1. The van der Waals surface area contributed by atoms with Crippen LogP contribution >= 0.6 is 0 Å². The van der Waals surface area contributed by atoms with Crippen LogP contribution in [0.1, 0.15) is 39.1 Å². The maximum Gasteiger partial charge on any atom is 0.220 e. The van der Waals surface area contributed by atoms with Gasteiger partial charge in [-0.25, -0.2) is 4.98 Å². The molecule has 0 atom stereocenters. The lowest BCUT2D eigenvalue weighted by Crippen LogP contribution is -1.96. The summed E-state index contributed by atoms with van der Waals surface area (Å²) in [6.07, 6.45) is 12.9. The number of rotatable bonds is 5. The van der Waals surface area contributed by atoms with Gasteiger partial charge in [-0.3, -0.25) is 0 Å². The lowest BCUT2D eigenvalue weighted by Gasteiger charge is -2.09. The van der Waals surface area contributed by atoms with Crippen LogP contribution in [0.5, 0.6) is 11.5 Å². The Labute approximate surface area is 173 Å². The second-order valence-electron chi connectivity index (χ2n) is 5.42. The molecule has 0 amide bonds. The van der Waals surface area contributed by atoms with Crippen molar-refractivity contribution in [1.82, 2.24) is 4.98 Å². The number of para-hydroxylation sites is 2. The minimum Gasteiger partial charge on any atom is -0.493 e. The molecule has 0 saturated heterocycles. The van der Waals surface area contributed by atoms with Crippen molar-refractivity contribution in [3.8, 4) is 23.8 Å². The standard InChI is InChI=1S/C19H15NO3.C4H8.C2H6/c1-3-12-22-17-10-8-14(13-18(17)21-2)9-11-19-20-15-6-4-5-7-16(15)23-19;1-3-4-2;1-2/h1,4-11,13H,12H2,2H3;3-4H,1-2H3;1-2H3/b11-9+;4-3-;. The van der Waals surface area contributed by atoms with Crippen molar-refractivity contribution >= 4 is 23.3 Å². The van der Waals surface area contributed by atoms with E-state index in [-0.39, 0.29) is 6.61 Å². The monoisotopic (exact) mass is 391 g/mol. The van der Waals surface area contributed by atoms with E-state index in [1.165, 1.54) is 0 Å². The number of allylic oxidation sites excluding steroid dienone is 2. The van der Waals surface area contributed by atoms with E-state index in [0.29, 0.717) is 17.4 Å². The molecule has 0 radical (unpaired) electrons. The van der Waals surface area contributed by atoms with E-state index in [1.807, 2.05) is 94.5 Å². The van der Waals surface area contributed by atoms with Gasteiger partial charge in [-0.15, -0.1) is 6.42 Å². The third-order valence-corrected chi connectivity index (χ3v) is 3.56. The molecule has 0 aliphatic rings. The molecule has 0 aliphatic carbocycles. The Morgan fingerprint density at radius 2 is 1.76 bits per heavy atom. The zero-order chi connectivity index (χ0) is 21.5. The number of fused-ring (bicyclic) bond motifs is 1. The smallest absolute Gasteiger partial charge is 0.220 e. The highest BCUT2D eigenvalue weighted by atomic mass is 16.5. The number of oxazole rings is 1. The summed E-state index contributed by atoms with van der Waals surface area (Å²) in [6, 6.07) is 13.2. The van der Waals surface area contributed by atoms with Gasteiger partial charge in [0.15, 0.2) is 17.1 Å². The zero-order valence-electron chi connectivity index (χ0n) is 17.8. The molecule has 1 heterocycles. The fourth-order valence-corrected chi connectivity index (χ4v) is 2.16. The van der Waals surface area contributed by atoms with Gasteiger partial charge >= 0.3 is 0 Å². The Morgan fingerprint density at radius 3 is 2.38 bits per heavy atom. The third-order valence-electron chi connectivity index (χ3n) is 3.56. The van der Waals surface area contributed by atoms with Gasteiger partial charge in [0.05, 0.1) is 7.11 Å². The Hall–Kier alpha value is -3.45. The predicted molar refractivity (Wildman–Crippen MR) is 122 cm³/mol. The maximum absolute atomic E-state index is 5.65. The summed E-state index contributed by atoms with van der Waals surface area (Å²) in [6.45, 7) is 8.20. The number of ether oxygens (including phenoxy) is 2. The third kappa shape index (κ3) is 7.59. The molecule has 4 heteroatoms. The zero-order valence-corrected chi connectivity index (χ0v) is 17.8. The maximum atomic E-state index is 5.65. The molecule has 0 saturated carbocycles. The topological polar surface area (TPSA) is 44.5 Å². The van der Waals surface area contributed by atoms with Crippen molar-refractivity contribution < 1.29 is 13.9 Å². The van der Waals surface area contributed by atoms with Gasteiger partial charge in [0.1, 0.15) is 12.1 Å². The first-order valence-electron chi connectivity index (χ1n) is 9.57. The van der Waals surface area contributed by atoms with Gasteiger partial charge in [0.25, 0.3) is 0 Å². The Balaban J connectivity index is 0.000000627. The summed E-state index contributed by atoms with van der Waals surface area (Å²) in [7, 11) is 1.59. The van der Waals surface area contributed by atoms with Crippen molar-refractivity contribution in [1.29, 1.82) is 0 Å². The molecule has 0 spiro atoms. The fourth-order valence-electron chi connectivity index (χ4n) is 2.16. The van der Waals surface area contributed by atoms with E-state index in [1.54, 1.807) is 7.11 Å². The van der Waals surface area contributed by atoms with E-state index < -0.39 is 0 Å². The highest BCUT2D eigenvalue weighted by Gasteiger charge is 2.05. The van der Waals surface area contributed by atoms with Crippen LogP contribution in [0.25, 0.3) is 23.3 Å². The number of terminal acetylenes is 1. The van der Waals surface area contributed by atoms with Crippen LogP contribution < -0.4 is 9.47 Å². The van der Waals surface area contributed by atoms with Crippen LogP contribution in [0.2, 0.25) is 0 Å². The lowest BCUT2D eigenvalue weighted by atomic mass is 10.2. The predicted octanol–water partition coefficient (Wildman–Crippen LogP) is 6.63. The molecule has 0 unspecified atom stereocenters. The van der Waals surface area contributed by atoms with Gasteiger partial charge in [0.2, 0.25) is 5.89 Å². The highest BCUT2D eigenvalue weighted by molar-refractivity contribution is 5.76. The minimum atomic E-state index is 0.203. The summed E-state index contributed by atoms with van der Waals surface area (Å²) >= 11 is 0. The first kappa shape index (κ1) is 23.6. The van der Waals surface area contributed by atoms with Crippen LogP contribution in [0, 0.1) is 12.3 Å². The number of nitrogens with zero attached hydrogens (tertiary/aromatic N) is 1. The van der Waals surface area contributed by atoms with E-state index in [0.717, 1.165) is 16.7 Å². The van der Waals surface area contributed by atoms with Gasteiger partial charge in [-0.05, 0) is 49.8 Å². The molecule has 0 N–H and O–H groups in total. The first-order valence-corrected chi connectivity index (χ1v) is 9.57. The Bertz CT molecular complexity index is 925. The number of hydrogen-bond acceptors (Lipinski definition) is 4. The molecular formula is C25H29NO3. The van der Waals surface area contributed by atoms with Crippen LogP contribution in [-0.4, -0.2) is 18.7 Å². The molecule has 3 rings (SSSR count). The molecule has 2 aromatic carbocycles. The quantitative estimate of drug-likeness (QED) is 0.362. The molecular weight excluding hydrogens is 362 g/mol. The van der Waals surface area contributed by atoms with E-state index >= 15 is 0 Å².